The van der Waals surface area contributed by atoms with E-state index >= 15 is 0 Å². The number of carbonyl (C=O) groups excluding carboxylic acids is 1. The lowest BCUT2D eigenvalue weighted by molar-refractivity contribution is 0.0982. The second-order valence-electron chi connectivity index (χ2n) is 5.59. The van der Waals surface area contributed by atoms with Crippen LogP contribution >= 0.6 is 0 Å². The summed E-state index contributed by atoms with van der Waals surface area (Å²) in [4.78, 5) is 17.9. The molecule has 0 spiro atoms. The molecule has 1 aliphatic heterocycles. The molecule has 0 saturated heterocycles. The second-order valence-corrected chi connectivity index (χ2v) is 5.59. The molecule has 3 aromatic carbocycles. The summed E-state index contributed by atoms with van der Waals surface area (Å²) in [5.74, 6) is -0.242. The molecule has 0 radical (unpaired) electrons. The summed E-state index contributed by atoms with van der Waals surface area (Å²) in [6.07, 6.45) is 0. The molecule has 23 heavy (non-hydrogen) atoms. The minimum Gasteiger partial charge on any atom is -0.293 e. The zero-order chi connectivity index (χ0) is 15.6. The van der Waals surface area contributed by atoms with Crippen LogP contribution in [0.15, 0.2) is 89.9 Å². The van der Waals surface area contributed by atoms with Gasteiger partial charge in [-0.15, -0.1) is 0 Å². The Labute approximate surface area is 135 Å². The summed E-state index contributed by atoms with van der Waals surface area (Å²) >= 11 is 0. The lowest BCUT2D eigenvalue weighted by Gasteiger charge is -2.24. The van der Waals surface area contributed by atoms with Crippen LogP contribution in [0, 0.1) is 0 Å². The molecule has 1 unspecified atom stereocenters. The number of ketones is 1. The molecule has 0 N–H and O–H groups in total. The SMILES string of the molecule is O=C1c2ccccc2N=C(c2ccccc2)C1c1ccccc1. The lowest BCUT2D eigenvalue weighted by atomic mass is 9.81. The molecule has 3 aromatic rings. The Morgan fingerprint density at radius 3 is 2.04 bits per heavy atom. The van der Waals surface area contributed by atoms with Gasteiger partial charge in [-0.1, -0.05) is 72.8 Å². The third-order valence-corrected chi connectivity index (χ3v) is 4.15. The van der Waals surface area contributed by atoms with Crippen molar-refractivity contribution in [3.63, 3.8) is 0 Å². The van der Waals surface area contributed by atoms with Crippen molar-refractivity contribution >= 4 is 17.2 Å². The third kappa shape index (κ3) is 2.38. The Kier molecular flexibility index (Phi) is 3.35. The monoisotopic (exact) mass is 297 g/mol. The second kappa shape index (κ2) is 5.65. The van der Waals surface area contributed by atoms with Crippen molar-refractivity contribution in [2.24, 2.45) is 4.99 Å². The number of carbonyl (C=O) groups is 1. The average Bonchev–Trinajstić information content (AvgIpc) is 2.63. The van der Waals surface area contributed by atoms with E-state index in [0.29, 0.717) is 5.56 Å². The van der Waals surface area contributed by atoms with Gasteiger partial charge in [0.25, 0.3) is 0 Å². The molecule has 2 nitrogen and oxygen atoms in total. The number of hydrogen-bond donors (Lipinski definition) is 0. The molecule has 4 rings (SSSR count). The molecule has 0 aliphatic carbocycles. The normalized spacial score (nSPS) is 16.6. The molecule has 1 atom stereocenters. The Hall–Kier alpha value is -3.00. The van der Waals surface area contributed by atoms with Crippen LogP contribution in [0.3, 0.4) is 0 Å². The first-order valence-electron chi connectivity index (χ1n) is 7.67. The van der Waals surface area contributed by atoms with Crippen molar-refractivity contribution in [1.29, 1.82) is 0 Å². The van der Waals surface area contributed by atoms with E-state index in [9.17, 15) is 4.79 Å². The number of fused-ring (bicyclic) bond motifs is 1. The highest BCUT2D eigenvalue weighted by Gasteiger charge is 2.33. The first kappa shape index (κ1) is 13.6. The molecule has 0 saturated carbocycles. The first-order valence-corrected chi connectivity index (χ1v) is 7.67. The highest BCUT2D eigenvalue weighted by atomic mass is 16.1. The first-order chi connectivity index (χ1) is 11.3. The van der Waals surface area contributed by atoms with Gasteiger partial charge in [-0.2, -0.15) is 0 Å². The van der Waals surface area contributed by atoms with Gasteiger partial charge in [-0.3, -0.25) is 9.79 Å². The van der Waals surface area contributed by atoms with E-state index in [2.05, 4.69) is 0 Å². The molecular weight excluding hydrogens is 282 g/mol. The van der Waals surface area contributed by atoms with Crippen LogP contribution in [0.4, 0.5) is 5.69 Å². The molecule has 1 heterocycles. The van der Waals surface area contributed by atoms with Gasteiger partial charge in [0.05, 0.1) is 17.3 Å². The van der Waals surface area contributed by atoms with Crippen LogP contribution in [-0.2, 0) is 0 Å². The molecule has 2 heteroatoms. The molecule has 0 aromatic heterocycles. The Bertz CT molecular complexity index is 882. The number of benzene rings is 3. The fourth-order valence-electron chi connectivity index (χ4n) is 3.05. The van der Waals surface area contributed by atoms with Crippen molar-refractivity contribution in [3.8, 4) is 0 Å². The van der Waals surface area contributed by atoms with Gasteiger partial charge < -0.3 is 0 Å². The van der Waals surface area contributed by atoms with Gasteiger partial charge in [0.1, 0.15) is 0 Å². The summed E-state index contributed by atoms with van der Waals surface area (Å²) in [5, 5.41) is 0. The van der Waals surface area contributed by atoms with E-state index in [4.69, 9.17) is 4.99 Å². The maximum atomic E-state index is 13.1. The maximum Gasteiger partial charge on any atom is 0.178 e. The quantitative estimate of drug-likeness (QED) is 0.669. The van der Waals surface area contributed by atoms with Crippen LogP contribution < -0.4 is 0 Å². The Morgan fingerprint density at radius 1 is 0.696 bits per heavy atom. The van der Waals surface area contributed by atoms with Crippen molar-refractivity contribution in [2.45, 2.75) is 5.92 Å². The Balaban J connectivity index is 1.95. The van der Waals surface area contributed by atoms with Crippen LogP contribution in [0.5, 0.6) is 0 Å². The standard InChI is InChI=1S/C21H15NO/c23-21-17-13-7-8-14-18(17)22-20(16-11-5-2-6-12-16)19(21)15-9-3-1-4-10-15/h1-14,19H. The summed E-state index contributed by atoms with van der Waals surface area (Å²) in [5.41, 5.74) is 4.24. The maximum absolute atomic E-state index is 13.1. The van der Waals surface area contributed by atoms with E-state index in [1.165, 1.54) is 0 Å². The fourth-order valence-corrected chi connectivity index (χ4v) is 3.05. The zero-order valence-corrected chi connectivity index (χ0v) is 12.5. The van der Waals surface area contributed by atoms with Crippen molar-refractivity contribution in [1.82, 2.24) is 0 Å². The number of hydrogen-bond acceptors (Lipinski definition) is 2. The predicted octanol–water partition coefficient (Wildman–Crippen LogP) is 4.79. The van der Waals surface area contributed by atoms with Crippen LogP contribution in [0.2, 0.25) is 0 Å². The predicted molar refractivity (Wildman–Crippen MR) is 92.6 cm³/mol. The van der Waals surface area contributed by atoms with Gasteiger partial charge in [-0.05, 0) is 23.3 Å². The van der Waals surface area contributed by atoms with Crippen molar-refractivity contribution in [3.05, 3.63) is 102 Å². The third-order valence-electron chi connectivity index (χ3n) is 4.15. The summed E-state index contributed by atoms with van der Waals surface area (Å²) < 4.78 is 0. The summed E-state index contributed by atoms with van der Waals surface area (Å²) in [6.45, 7) is 0. The lowest BCUT2D eigenvalue weighted by Crippen LogP contribution is -2.26. The van der Waals surface area contributed by atoms with Crippen LogP contribution in [-0.4, -0.2) is 11.5 Å². The number of nitrogens with zero attached hydrogens (tertiary/aromatic N) is 1. The molecular formula is C21H15NO. The topological polar surface area (TPSA) is 29.4 Å². The largest absolute Gasteiger partial charge is 0.293 e. The summed E-state index contributed by atoms with van der Waals surface area (Å²) in [7, 11) is 0. The number of rotatable bonds is 2. The number of aliphatic imine (C=N–C) groups is 1. The van der Waals surface area contributed by atoms with Gasteiger partial charge in [0.2, 0.25) is 0 Å². The highest BCUT2D eigenvalue weighted by molar-refractivity contribution is 6.26. The van der Waals surface area contributed by atoms with Gasteiger partial charge in [-0.25, -0.2) is 0 Å². The van der Waals surface area contributed by atoms with Crippen LogP contribution in [0.1, 0.15) is 27.4 Å². The number of Topliss-reactive ketones (excluding diaryl/α,β-unsaturated/α-hetero) is 1. The van der Waals surface area contributed by atoms with E-state index in [1.54, 1.807) is 0 Å². The smallest absolute Gasteiger partial charge is 0.178 e. The van der Waals surface area contributed by atoms with Crippen molar-refractivity contribution in [2.75, 3.05) is 0 Å². The molecule has 0 fully saturated rings. The fraction of sp³-hybridized carbons (Fsp3) is 0.0476. The van der Waals surface area contributed by atoms with Gasteiger partial charge in [0, 0.05) is 5.56 Å². The zero-order valence-electron chi connectivity index (χ0n) is 12.5. The average molecular weight is 297 g/mol. The highest BCUT2D eigenvalue weighted by Crippen LogP contribution is 2.35. The van der Waals surface area contributed by atoms with E-state index in [0.717, 1.165) is 22.5 Å². The minimum absolute atomic E-state index is 0.112. The Morgan fingerprint density at radius 2 is 1.30 bits per heavy atom. The molecule has 110 valence electrons. The van der Waals surface area contributed by atoms with E-state index < -0.39 is 0 Å². The molecule has 1 aliphatic rings. The summed E-state index contributed by atoms with van der Waals surface area (Å²) in [6, 6.07) is 27.4. The van der Waals surface area contributed by atoms with E-state index in [-0.39, 0.29) is 11.7 Å². The minimum atomic E-state index is -0.353. The van der Waals surface area contributed by atoms with Gasteiger partial charge >= 0.3 is 0 Å². The number of para-hydroxylation sites is 1. The van der Waals surface area contributed by atoms with Gasteiger partial charge in [0.15, 0.2) is 5.78 Å². The molecule has 0 amide bonds. The van der Waals surface area contributed by atoms with E-state index in [1.807, 2.05) is 84.9 Å². The molecule has 0 bridgehead atoms. The van der Waals surface area contributed by atoms with Crippen molar-refractivity contribution < 1.29 is 4.79 Å². The van der Waals surface area contributed by atoms with Crippen LogP contribution in [0.25, 0.3) is 0 Å².